The van der Waals surface area contributed by atoms with Gasteiger partial charge in [-0.25, -0.2) is 0 Å². The van der Waals surface area contributed by atoms with Crippen molar-refractivity contribution in [1.82, 2.24) is 10.2 Å². The van der Waals surface area contributed by atoms with Crippen molar-refractivity contribution in [2.75, 3.05) is 0 Å². The Balaban J connectivity index is 2.52. The number of hydrogen-bond acceptors (Lipinski definition) is 3. The van der Waals surface area contributed by atoms with Gasteiger partial charge in [-0.15, -0.1) is 10.2 Å². The molecule has 0 atom stereocenters. The Kier molecular flexibility index (Phi) is 3.36. The van der Waals surface area contributed by atoms with E-state index >= 15 is 0 Å². The van der Waals surface area contributed by atoms with E-state index in [4.69, 9.17) is 0 Å². The second-order valence-electron chi connectivity index (χ2n) is 2.48. The van der Waals surface area contributed by atoms with Crippen molar-refractivity contribution in [3.8, 4) is 10.6 Å². The zero-order chi connectivity index (χ0) is 10.1. The van der Waals surface area contributed by atoms with Crippen molar-refractivity contribution >= 4 is 59.1 Å². The lowest BCUT2D eigenvalue weighted by Crippen LogP contribution is -1.79. The number of halogens is 3. The fourth-order valence-corrected chi connectivity index (χ4v) is 3.49. The highest BCUT2D eigenvalue weighted by atomic mass is 79.9. The molecule has 0 N–H and O–H groups in total. The van der Waals surface area contributed by atoms with E-state index in [1.54, 1.807) is 0 Å². The molecule has 0 saturated carbocycles. The lowest BCUT2D eigenvalue weighted by molar-refractivity contribution is 1.07. The monoisotopic (exact) mass is 396 g/mol. The zero-order valence-electron chi connectivity index (χ0n) is 6.67. The number of hydrogen-bond donors (Lipinski definition) is 0. The van der Waals surface area contributed by atoms with E-state index in [-0.39, 0.29) is 0 Å². The molecule has 1 heterocycles. The maximum Gasteiger partial charge on any atom is 0.183 e. The van der Waals surface area contributed by atoms with Crippen LogP contribution in [0.25, 0.3) is 10.6 Å². The number of aromatic nitrogens is 2. The highest BCUT2D eigenvalue weighted by Gasteiger charge is 2.08. The van der Waals surface area contributed by atoms with Gasteiger partial charge in [0.2, 0.25) is 0 Å². The van der Waals surface area contributed by atoms with Crippen molar-refractivity contribution in [3.05, 3.63) is 31.1 Å². The average Bonchev–Trinajstić information content (AvgIpc) is 2.51. The smallest absolute Gasteiger partial charge is 0.137 e. The van der Waals surface area contributed by atoms with Gasteiger partial charge in [-0.1, -0.05) is 43.2 Å². The average molecular weight is 399 g/mol. The molecule has 0 unspecified atom stereocenters. The molecule has 0 spiro atoms. The van der Waals surface area contributed by atoms with Gasteiger partial charge in [-0.3, -0.25) is 0 Å². The van der Waals surface area contributed by atoms with Crippen LogP contribution in [0.5, 0.6) is 0 Å². The normalized spacial score (nSPS) is 10.5. The van der Waals surface area contributed by atoms with E-state index in [9.17, 15) is 0 Å². The van der Waals surface area contributed by atoms with Crippen molar-refractivity contribution < 1.29 is 0 Å². The summed E-state index contributed by atoms with van der Waals surface area (Å²) in [6.45, 7) is 0. The maximum absolute atomic E-state index is 4.05. The molecule has 72 valence electrons. The lowest BCUT2D eigenvalue weighted by Gasteiger charge is -1.99. The van der Waals surface area contributed by atoms with Crippen molar-refractivity contribution in [2.24, 2.45) is 0 Å². The van der Waals surface area contributed by atoms with E-state index < -0.39 is 0 Å². The molecular weight excluding hydrogens is 396 g/mol. The second kappa shape index (κ2) is 4.38. The summed E-state index contributed by atoms with van der Waals surface area (Å²) in [4.78, 5) is 0. The molecule has 0 aliphatic rings. The molecule has 0 fully saturated rings. The standard InChI is InChI=1S/C8H3Br3N2S/c9-4-1-2-5(6(10)3-4)7-12-13-8(11)14-7/h1-3H. The van der Waals surface area contributed by atoms with Gasteiger partial charge in [0.25, 0.3) is 0 Å². The van der Waals surface area contributed by atoms with Crippen LogP contribution in [-0.4, -0.2) is 10.2 Å². The Bertz CT molecular complexity index is 469. The summed E-state index contributed by atoms with van der Waals surface area (Å²) in [5.74, 6) is 0. The Morgan fingerprint density at radius 2 is 1.86 bits per heavy atom. The van der Waals surface area contributed by atoms with Crippen LogP contribution in [0, 0.1) is 0 Å². The molecular formula is C8H3Br3N2S. The third kappa shape index (κ3) is 2.24. The van der Waals surface area contributed by atoms with Crippen molar-refractivity contribution in [3.63, 3.8) is 0 Å². The molecule has 6 heteroatoms. The summed E-state index contributed by atoms with van der Waals surface area (Å²) < 4.78 is 2.84. The van der Waals surface area contributed by atoms with Crippen molar-refractivity contribution in [1.29, 1.82) is 0 Å². The van der Waals surface area contributed by atoms with Gasteiger partial charge in [-0.05, 0) is 34.1 Å². The molecule has 0 bridgehead atoms. The molecule has 2 rings (SSSR count). The molecule has 0 aliphatic heterocycles. The maximum atomic E-state index is 4.05. The Morgan fingerprint density at radius 1 is 1.07 bits per heavy atom. The van der Waals surface area contributed by atoms with Crippen LogP contribution < -0.4 is 0 Å². The Morgan fingerprint density at radius 3 is 2.43 bits per heavy atom. The molecule has 14 heavy (non-hydrogen) atoms. The fourth-order valence-electron chi connectivity index (χ4n) is 0.977. The van der Waals surface area contributed by atoms with Crippen LogP contribution in [0.4, 0.5) is 0 Å². The number of rotatable bonds is 1. The van der Waals surface area contributed by atoms with Crippen LogP contribution in [0.3, 0.4) is 0 Å². The zero-order valence-corrected chi connectivity index (χ0v) is 12.2. The van der Waals surface area contributed by atoms with Crippen LogP contribution in [0.15, 0.2) is 31.1 Å². The summed E-state index contributed by atoms with van der Waals surface area (Å²) in [5, 5.41) is 8.86. The van der Waals surface area contributed by atoms with E-state index in [0.29, 0.717) is 0 Å². The Labute approximate surface area is 110 Å². The topological polar surface area (TPSA) is 25.8 Å². The van der Waals surface area contributed by atoms with Crippen LogP contribution in [0.1, 0.15) is 0 Å². The minimum absolute atomic E-state index is 0.794. The predicted molar refractivity (Wildman–Crippen MR) is 68.4 cm³/mol. The third-order valence-corrected chi connectivity index (χ3v) is 4.10. The minimum Gasteiger partial charge on any atom is -0.137 e. The summed E-state index contributed by atoms with van der Waals surface area (Å²) in [7, 11) is 0. The van der Waals surface area contributed by atoms with Gasteiger partial charge >= 0.3 is 0 Å². The SMILES string of the molecule is Brc1ccc(-c2nnc(Br)s2)c(Br)c1. The summed E-state index contributed by atoms with van der Waals surface area (Å²) in [6, 6.07) is 5.97. The molecule has 0 radical (unpaired) electrons. The fraction of sp³-hybridized carbons (Fsp3) is 0. The van der Waals surface area contributed by atoms with E-state index in [1.165, 1.54) is 11.3 Å². The first-order chi connectivity index (χ1) is 6.66. The van der Waals surface area contributed by atoms with Gasteiger partial charge in [0.15, 0.2) is 3.92 Å². The molecule has 2 aromatic rings. The number of benzene rings is 1. The molecule has 2 nitrogen and oxygen atoms in total. The highest BCUT2D eigenvalue weighted by Crippen LogP contribution is 2.33. The Hall–Kier alpha value is 0.220. The lowest BCUT2D eigenvalue weighted by atomic mass is 10.2. The van der Waals surface area contributed by atoms with Gasteiger partial charge in [0.1, 0.15) is 5.01 Å². The first-order valence-electron chi connectivity index (χ1n) is 3.61. The molecule has 1 aromatic heterocycles. The predicted octanol–water partition coefficient (Wildman–Crippen LogP) is 4.49. The van der Waals surface area contributed by atoms with Gasteiger partial charge < -0.3 is 0 Å². The van der Waals surface area contributed by atoms with E-state index in [2.05, 4.69) is 58.0 Å². The van der Waals surface area contributed by atoms with Gasteiger partial charge in [-0.2, -0.15) is 0 Å². The van der Waals surface area contributed by atoms with Crippen molar-refractivity contribution in [2.45, 2.75) is 0 Å². The first kappa shape index (κ1) is 10.7. The second-order valence-corrected chi connectivity index (χ2v) is 6.51. The van der Waals surface area contributed by atoms with Crippen LogP contribution in [-0.2, 0) is 0 Å². The molecule has 0 saturated heterocycles. The van der Waals surface area contributed by atoms with E-state index in [0.717, 1.165) is 23.4 Å². The molecule has 0 aliphatic carbocycles. The van der Waals surface area contributed by atoms with Gasteiger partial charge in [0, 0.05) is 14.5 Å². The molecule has 0 amide bonds. The summed E-state index contributed by atoms with van der Waals surface area (Å²) >= 11 is 11.7. The van der Waals surface area contributed by atoms with E-state index in [1.807, 2.05) is 18.2 Å². The quantitative estimate of drug-likeness (QED) is 0.707. The largest absolute Gasteiger partial charge is 0.183 e. The number of nitrogens with zero attached hydrogens (tertiary/aromatic N) is 2. The summed E-state index contributed by atoms with van der Waals surface area (Å²) in [5.41, 5.74) is 1.05. The first-order valence-corrected chi connectivity index (χ1v) is 6.81. The minimum atomic E-state index is 0.794. The van der Waals surface area contributed by atoms with Crippen LogP contribution >= 0.6 is 59.1 Å². The van der Waals surface area contributed by atoms with Gasteiger partial charge in [0.05, 0.1) is 0 Å². The summed E-state index contributed by atoms with van der Waals surface area (Å²) in [6.07, 6.45) is 0. The molecule has 1 aromatic carbocycles. The third-order valence-electron chi connectivity index (χ3n) is 1.56. The van der Waals surface area contributed by atoms with Crippen LogP contribution in [0.2, 0.25) is 0 Å². The highest BCUT2D eigenvalue weighted by molar-refractivity contribution is 9.11.